The predicted molar refractivity (Wildman–Crippen MR) is 91.0 cm³/mol. The number of aryl methyl sites for hydroxylation is 1. The van der Waals surface area contributed by atoms with Gasteiger partial charge < -0.3 is 5.32 Å². The lowest BCUT2D eigenvalue weighted by Gasteiger charge is -2.15. The second-order valence-electron chi connectivity index (χ2n) is 6.16. The molecule has 0 fully saturated rings. The number of thiophene rings is 1. The first-order valence-electron chi connectivity index (χ1n) is 7.14. The predicted octanol–water partition coefficient (Wildman–Crippen LogP) is 5.15. The van der Waals surface area contributed by atoms with Crippen LogP contribution >= 0.6 is 22.7 Å². The van der Waals surface area contributed by atoms with Crippen molar-refractivity contribution in [1.82, 2.24) is 10.3 Å². The van der Waals surface area contributed by atoms with Crippen molar-refractivity contribution < 1.29 is 0 Å². The molecule has 110 valence electrons. The second-order valence-corrected chi connectivity index (χ2v) is 8.28. The van der Waals surface area contributed by atoms with E-state index in [2.05, 4.69) is 59.0 Å². The molecule has 2 rings (SSSR count). The van der Waals surface area contributed by atoms with Gasteiger partial charge in [0.25, 0.3) is 0 Å². The van der Waals surface area contributed by atoms with Crippen LogP contribution < -0.4 is 5.32 Å². The molecular weight excluding hydrogens is 284 g/mol. The summed E-state index contributed by atoms with van der Waals surface area (Å²) >= 11 is 3.69. The number of thiazole rings is 1. The van der Waals surface area contributed by atoms with E-state index in [1.165, 1.54) is 14.6 Å². The van der Waals surface area contributed by atoms with Crippen molar-refractivity contribution in [2.75, 3.05) is 6.54 Å². The largest absolute Gasteiger partial charge is 0.310 e. The molecule has 20 heavy (non-hydrogen) atoms. The number of hydrogen-bond donors (Lipinski definition) is 1. The minimum absolute atomic E-state index is 0.217. The first kappa shape index (κ1) is 15.7. The molecule has 2 heterocycles. The van der Waals surface area contributed by atoms with E-state index in [0.29, 0.717) is 6.04 Å². The van der Waals surface area contributed by atoms with E-state index in [0.717, 1.165) is 17.2 Å². The molecule has 1 atom stereocenters. The number of nitrogens with zero attached hydrogens (tertiary/aromatic N) is 1. The van der Waals surface area contributed by atoms with Crippen LogP contribution in [-0.2, 0) is 5.41 Å². The Morgan fingerprint density at radius 2 is 1.95 bits per heavy atom. The van der Waals surface area contributed by atoms with Gasteiger partial charge in [-0.2, -0.15) is 0 Å². The van der Waals surface area contributed by atoms with Gasteiger partial charge in [0.15, 0.2) is 0 Å². The molecule has 2 aromatic heterocycles. The highest BCUT2D eigenvalue weighted by molar-refractivity contribution is 7.22. The van der Waals surface area contributed by atoms with Crippen molar-refractivity contribution in [1.29, 1.82) is 0 Å². The molecular formula is C16H24N2S2. The van der Waals surface area contributed by atoms with E-state index < -0.39 is 0 Å². The van der Waals surface area contributed by atoms with E-state index in [1.807, 2.05) is 22.7 Å². The van der Waals surface area contributed by atoms with Crippen LogP contribution in [0.3, 0.4) is 0 Å². The normalized spacial score (nSPS) is 13.7. The zero-order valence-corrected chi connectivity index (χ0v) is 14.8. The molecule has 1 N–H and O–H groups in total. The minimum atomic E-state index is 0.217. The monoisotopic (exact) mass is 308 g/mol. The Kier molecular flexibility index (Phi) is 4.67. The summed E-state index contributed by atoms with van der Waals surface area (Å²) in [7, 11) is 0. The van der Waals surface area contributed by atoms with Crippen LogP contribution in [0.15, 0.2) is 12.1 Å². The standard InChI is InChI=1S/C16H24N2S2/c1-7-17-10(2)14-11(3)18-15(20-14)12-8-9-13(19-12)16(4,5)6/h8-10,17H,7H2,1-6H3. The zero-order valence-electron chi connectivity index (χ0n) is 13.2. The van der Waals surface area contributed by atoms with Crippen LogP contribution in [0.4, 0.5) is 0 Å². The molecule has 1 unspecified atom stereocenters. The van der Waals surface area contributed by atoms with Gasteiger partial charge in [-0.25, -0.2) is 4.98 Å². The van der Waals surface area contributed by atoms with Crippen molar-refractivity contribution >= 4 is 22.7 Å². The summed E-state index contributed by atoms with van der Waals surface area (Å²) in [6.07, 6.45) is 0. The summed E-state index contributed by atoms with van der Waals surface area (Å²) in [6, 6.07) is 4.84. The number of rotatable bonds is 4. The van der Waals surface area contributed by atoms with E-state index in [4.69, 9.17) is 4.98 Å². The van der Waals surface area contributed by atoms with Crippen molar-refractivity contribution in [2.24, 2.45) is 0 Å². The summed E-state index contributed by atoms with van der Waals surface area (Å²) in [4.78, 5) is 8.83. The fourth-order valence-electron chi connectivity index (χ4n) is 2.17. The third-order valence-electron chi connectivity index (χ3n) is 3.29. The van der Waals surface area contributed by atoms with E-state index >= 15 is 0 Å². The molecule has 0 bridgehead atoms. The Balaban J connectivity index is 2.30. The van der Waals surface area contributed by atoms with Gasteiger partial charge in [-0.3, -0.25) is 0 Å². The molecule has 0 saturated carbocycles. The zero-order chi connectivity index (χ0) is 14.9. The van der Waals surface area contributed by atoms with Crippen molar-refractivity contribution in [3.63, 3.8) is 0 Å². The van der Waals surface area contributed by atoms with Gasteiger partial charge in [0, 0.05) is 15.8 Å². The summed E-state index contributed by atoms with van der Waals surface area (Å²) in [5, 5.41) is 4.63. The maximum absolute atomic E-state index is 4.77. The molecule has 0 aliphatic carbocycles. The Bertz CT molecular complexity index is 576. The van der Waals surface area contributed by atoms with Gasteiger partial charge in [0.2, 0.25) is 0 Å². The van der Waals surface area contributed by atoms with E-state index in [9.17, 15) is 0 Å². The SMILES string of the molecule is CCNC(C)c1sc(-c2ccc(C(C)(C)C)s2)nc1C. The van der Waals surface area contributed by atoms with Crippen LogP contribution in [-0.4, -0.2) is 11.5 Å². The topological polar surface area (TPSA) is 24.9 Å². The van der Waals surface area contributed by atoms with Crippen molar-refractivity contribution in [3.05, 3.63) is 27.6 Å². The van der Waals surface area contributed by atoms with Gasteiger partial charge in [-0.05, 0) is 37.9 Å². The molecule has 0 aliphatic rings. The van der Waals surface area contributed by atoms with E-state index in [-0.39, 0.29) is 5.41 Å². The summed E-state index contributed by atoms with van der Waals surface area (Å²) in [6.45, 7) is 14.2. The fourth-order valence-corrected chi connectivity index (χ4v) is 4.38. The lowest BCUT2D eigenvalue weighted by Crippen LogP contribution is -2.17. The van der Waals surface area contributed by atoms with Crippen molar-refractivity contribution in [2.45, 2.75) is 53.0 Å². The molecule has 0 spiro atoms. The highest BCUT2D eigenvalue weighted by atomic mass is 32.1. The smallest absolute Gasteiger partial charge is 0.133 e. The van der Waals surface area contributed by atoms with Crippen LogP contribution in [0.1, 0.15) is 56.1 Å². The van der Waals surface area contributed by atoms with Gasteiger partial charge >= 0.3 is 0 Å². The first-order valence-corrected chi connectivity index (χ1v) is 8.77. The molecule has 2 nitrogen and oxygen atoms in total. The third-order valence-corrected chi connectivity index (χ3v) is 6.31. The summed E-state index contributed by atoms with van der Waals surface area (Å²) < 4.78 is 0. The lowest BCUT2D eigenvalue weighted by atomic mass is 9.95. The van der Waals surface area contributed by atoms with Gasteiger partial charge in [-0.1, -0.05) is 27.7 Å². The number of hydrogen-bond acceptors (Lipinski definition) is 4. The Morgan fingerprint density at radius 1 is 1.25 bits per heavy atom. The Labute approximate surface area is 130 Å². The molecule has 0 aromatic carbocycles. The highest BCUT2D eigenvalue weighted by Crippen LogP contribution is 2.38. The lowest BCUT2D eigenvalue weighted by molar-refractivity contribution is 0.603. The fraction of sp³-hybridized carbons (Fsp3) is 0.562. The first-order chi connectivity index (χ1) is 9.32. The van der Waals surface area contributed by atoms with Gasteiger partial charge in [-0.15, -0.1) is 22.7 Å². The summed E-state index contributed by atoms with van der Waals surface area (Å²) in [5.74, 6) is 0. The number of nitrogens with one attached hydrogen (secondary N) is 1. The van der Waals surface area contributed by atoms with Crippen LogP contribution in [0.5, 0.6) is 0 Å². The van der Waals surface area contributed by atoms with Crippen LogP contribution in [0.2, 0.25) is 0 Å². The van der Waals surface area contributed by atoms with E-state index in [1.54, 1.807) is 0 Å². The maximum atomic E-state index is 4.77. The third kappa shape index (κ3) is 3.30. The van der Waals surface area contributed by atoms with Crippen LogP contribution in [0, 0.1) is 6.92 Å². The Morgan fingerprint density at radius 3 is 2.50 bits per heavy atom. The highest BCUT2D eigenvalue weighted by Gasteiger charge is 2.19. The van der Waals surface area contributed by atoms with Crippen LogP contribution in [0.25, 0.3) is 9.88 Å². The molecule has 0 aliphatic heterocycles. The second kappa shape index (κ2) is 5.96. The summed E-state index contributed by atoms with van der Waals surface area (Å²) in [5.41, 5.74) is 1.37. The molecule has 0 amide bonds. The number of aromatic nitrogens is 1. The molecule has 4 heteroatoms. The maximum Gasteiger partial charge on any atom is 0.133 e. The molecule has 0 radical (unpaired) electrons. The average molecular weight is 309 g/mol. The van der Waals surface area contributed by atoms with Gasteiger partial charge in [0.1, 0.15) is 5.01 Å². The van der Waals surface area contributed by atoms with Gasteiger partial charge in [0.05, 0.1) is 10.6 Å². The molecule has 2 aromatic rings. The molecule has 0 saturated heterocycles. The average Bonchev–Trinajstić information content (AvgIpc) is 2.94. The quantitative estimate of drug-likeness (QED) is 0.845. The minimum Gasteiger partial charge on any atom is -0.310 e. The Hall–Kier alpha value is -0.710. The van der Waals surface area contributed by atoms with Crippen molar-refractivity contribution in [3.8, 4) is 9.88 Å².